The van der Waals surface area contributed by atoms with Crippen LogP contribution in [0.5, 0.6) is 11.5 Å². The number of nitrogens with one attached hydrogen (secondary N) is 1. The maximum atomic E-state index is 12.3. The summed E-state index contributed by atoms with van der Waals surface area (Å²) in [6.45, 7) is 0. The van der Waals surface area contributed by atoms with E-state index >= 15 is 0 Å². The fourth-order valence-corrected chi connectivity index (χ4v) is 2.13. The molecule has 0 atom stereocenters. The predicted molar refractivity (Wildman–Crippen MR) is 88.9 cm³/mol. The zero-order valence-electron chi connectivity index (χ0n) is 12.9. The third-order valence-corrected chi connectivity index (χ3v) is 3.30. The molecule has 114 valence electrons. The van der Waals surface area contributed by atoms with E-state index in [4.69, 9.17) is 9.47 Å². The molecular weight excluding hydrogens is 278 g/mol. The fraction of sp³-hybridized carbons (Fsp3) is 0.167. The van der Waals surface area contributed by atoms with E-state index in [-0.39, 0.29) is 5.78 Å². The fourth-order valence-electron chi connectivity index (χ4n) is 2.13. The Bertz CT molecular complexity index is 670. The molecule has 0 amide bonds. The first-order valence-corrected chi connectivity index (χ1v) is 6.90. The first kappa shape index (κ1) is 15.6. The number of rotatable bonds is 6. The minimum atomic E-state index is -0.0786. The molecule has 0 aromatic heterocycles. The first-order chi connectivity index (χ1) is 10.7. The van der Waals surface area contributed by atoms with Crippen LogP contribution in [0.25, 0.3) is 6.08 Å². The SMILES string of the molecule is CNc1cccc(C(=O)C=Cc2c(OC)cccc2OC)c1. The lowest BCUT2D eigenvalue weighted by Crippen LogP contribution is -1.97. The number of anilines is 1. The average molecular weight is 297 g/mol. The molecule has 0 aliphatic rings. The molecule has 0 aliphatic carbocycles. The van der Waals surface area contributed by atoms with Crippen LogP contribution in [0.1, 0.15) is 15.9 Å². The summed E-state index contributed by atoms with van der Waals surface area (Å²) in [4.78, 5) is 12.3. The number of ether oxygens (including phenoxy) is 2. The molecule has 0 heterocycles. The van der Waals surface area contributed by atoms with Crippen LogP contribution in [0, 0.1) is 0 Å². The van der Waals surface area contributed by atoms with Gasteiger partial charge >= 0.3 is 0 Å². The van der Waals surface area contributed by atoms with Crippen molar-refractivity contribution >= 4 is 17.5 Å². The van der Waals surface area contributed by atoms with Gasteiger partial charge in [0, 0.05) is 18.3 Å². The monoisotopic (exact) mass is 297 g/mol. The average Bonchev–Trinajstić information content (AvgIpc) is 2.59. The summed E-state index contributed by atoms with van der Waals surface area (Å²) in [6, 6.07) is 12.8. The molecule has 0 saturated carbocycles. The highest BCUT2D eigenvalue weighted by molar-refractivity contribution is 6.07. The van der Waals surface area contributed by atoms with Gasteiger partial charge in [0.05, 0.1) is 19.8 Å². The summed E-state index contributed by atoms with van der Waals surface area (Å²) < 4.78 is 10.6. The maximum Gasteiger partial charge on any atom is 0.185 e. The van der Waals surface area contributed by atoms with E-state index in [9.17, 15) is 4.79 Å². The van der Waals surface area contributed by atoms with E-state index < -0.39 is 0 Å². The molecule has 2 rings (SSSR count). The molecule has 0 spiro atoms. The van der Waals surface area contributed by atoms with Crippen molar-refractivity contribution in [3.05, 3.63) is 59.7 Å². The standard InChI is InChI=1S/C18H19NO3/c1-19-14-7-4-6-13(12-14)16(20)11-10-15-17(21-2)8-5-9-18(15)22-3/h4-12,19H,1-3H3. The Morgan fingerprint density at radius 2 is 1.68 bits per heavy atom. The van der Waals surface area contributed by atoms with Gasteiger partial charge in [-0.1, -0.05) is 18.2 Å². The Morgan fingerprint density at radius 3 is 2.27 bits per heavy atom. The van der Waals surface area contributed by atoms with Crippen LogP contribution in [-0.4, -0.2) is 27.1 Å². The summed E-state index contributed by atoms with van der Waals surface area (Å²) in [7, 11) is 4.99. The normalized spacial score (nSPS) is 10.5. The van der Waals surface area contributed by atoms with E-state index in [1.807, 2.05) is 43.4 Å². The van der Waals surface area contributed by atoms with Crippen molar-refractivity contribution in [2.24, 2.45) is 0 Å². The Balaban J connectivity index is 2.29. The molecule has 0 bridgehead atoms. The number of allylic oxidation sites excluding steroid dienone is 1. The largest absolute Gasteiger partial charge is 0.496 e. The molecule has 0 aliphatic heterocycles. The Hall–Kier alpha value is -2.75. The quantitative estimate of drug-likeness (QED) is 0.653. The molecule has 4 heteroatoms. The molecular formula is C18H19NO3. The van der Waals surface area contributed by atoms with Crippen molar-refractivity contribution in [1.29, 1.82) is 0 Å². The second kappa shape index (κ2) is 7.31. The van der Waals surface area contributed by atoms with E-state index in [1.165, 1.54) is 6.08 Å². The van der Waals surface area contributed by atoms with Crippen LogP contribution in [0.3, 0.4) is 0 Å². The van der Waals surface area contributed by atoms with Crippen LogP contribution < -0.4 is 14.8 Å². The molecule has 1 N–H and O–H groups in total. The van der Waals surface area contributed by atoms with Crippen LogP contribution >= 0.6 is 0 Å². The van der Waals surface area contributed by atoms with Crippen molar-refractivity contribution in [3.8, 4) is 11.5 Å². The Morgan fingerprint density at radius 1 is 1.05 bits per heavy atom. The highest BCUT2D eigenvalue weighted by atomic mass is 16.5. The number of carbonyl (C=O) groups is 1. The maximum absolute atomic E-state index is 12.3. The van der Waals surface area contributed by atoms with Crippen molar-refractivity contribution < 1.29 is 14.3 Å². The van der Waals surface area contributed by atoms with E-state index in [2.05, 4.69) is 5.32 Å². The summed E-state index contributed by atoms with van der Waals surface area (Å²) in [5.74, 6) is 1.24. The van der Waals surface area contributed by atoms with Gasteiger partial charge in [0.25, 0.3) is 0 Å². The second-order valence-corrected chi connectivity index (χ2v) is 4.60. The highest BCUT2D eigenvalue weighted by Gasteiger charge is 2.08. The molecule has 22 heavy (non-hydrogen) atoms. The van der Waals surface area contributed by atoms with Crippen molar-refractivity contribution in [2.45, 2.75) is 0 Å². The molecule has 2 aromatic rings. The number of carbonyl (C=O) groups excluding carboxylic acids is 1. The Labute approximate surface area is 130 Å². The van der Waals surface area contributed by atoms with Crippen LogP contribution in [0.4, 0.5) is 5.69 Å². The first-order valence-electron chi connectivity index (χ1n) is 6.90. The van der Waals surface area contributed by atoms with Crippen molar-refractivity contribution in [3.63, 3.8) is 0 Å². The molecule has 0 unspecified atom stereocenters. The Kier molecular flexibility index (Phi) is 5.20. The summed E-state index contributed by atoms with van der Waals surface area (Å²) in [6.07, 6.45) is 3.24. The molecule has 0 fully saturated rings. The topological polar surface area (TPSA) is 47.6 Å². The zero-order chi connectivity index (χ0) is 15.9. The van der Waals surface area contributed by atoms with Crippen LogP contribution in [0.2, 0.25) is 0 Å². The minimum absolute atomic E-state index is 0.0786. The van der Waals surface area contributed by atoms with Gasteiger partial charge in [-0.05, 0) is 36.4 Å². The number of hydrogen-bond acceptors (Lipinski definition) is 4. The number of benzene rings is 2. The zero-order valence-corrected chi connectivity index (χ0v) is 12.9. The lowest BCUT2D eigenvalue weighted by atomic mass is 10.1. The van der Waals surface area contributed by atoms with Gasteiger partial charge < -0.3 is 14.8 Å². The number of hydrogen-bond donors (Lipinski definition) is 1. The van der Waals surface area contributed by atoms with Gasteiger partial charge in [0.1, 0.15) is 11.5 Å². The van der Waals surface area contributed by atoms with Gasteiger partial charge in [-0.3, -0.25) is 4.79 Å². The van der Waals surface area contributed by atoms with E-state index in [1.54, 1.807) is 26.4 Å². The minimum Gasteiger partial charge on any atom is -0.496 e. The molecule has 0 radical (unpaired) electrons. The van der Waals surface area contributed by atoms with Gasteiger partial charge in [-0.15, -0.1) is 0 Å². The summed E-state index contributed by atoms with van der Waals surface area (Å²) in [5, 5.41) is 3.02. The molecule has 2 aromatic carbocycles. The summed E-state index contributed by atoms with van der Waals surface area (Å²) in [5.41, 5.74) is 2.26. The van der Waals surface area contributed by atoms with Gasteiger partial charge in [-0.25, -0.2) is 0 Å². The van der Waals surface area contributed by atoms with E-state index in [0.29, 0.717) is 17.1 Å². The van der Waals surface area contributed by atoms with Crippen LogP contribution in [0.15, 0.2) is 48.5 Å². The molecule has 0 saturated heterocycles. The lowest BCUT2D eigenvalue weighted by Gasteiger charge is -2.09. The van der Waals surface area contributed by atoms with Crippen molar-refractivity contribution in [2.75, 3.05) is 26.6 Å². The third-order valence-electron chi connectivity index (χ3n) is 3.30. The number of ketones is 1. The smallest absolute Gasteiger partial charge is 0.185 e. The highest BCUT2D eigenvalue weighted by Crippen LogP contribution is 2.29. The predicted octanol–water partition coefficient (Wildman–Crippen LogP) is 3.64. The second-order valence-electron chi connectivity index (χ2n) is 4.60. The third kappa shape index (κ3) is 3.47. The van der Waals surface area contributed by atoms with Crippen LogP contribution in [-0.2, 0) is 0 Å². The van der Waals surface area contributed by atoms with Crippen molar-refractivity contribution in [1.82, 2.24) is 0 Å². The van der Waals surface area contributed by atoms with Gasteiger partial charge in [0.15, 0.2) is 5.78 Å². The van der Waals surface area contributed by atoms with Gasteiger partial charge in [-0.2, -0.15) is 0 Å². The molecule has 4 nitrogen and oxygen atoms in total. The van der Waals surface area contributed by atoms with Gasteiger partial charge in [0.2, 0.25) is 0 Å². The summed E-state index contributed by atoms with van der Waals surface area (Å²) >= 11 is 0. The van der Waals surface area contributed by atoms with E-state index in [0.717, 1.165) is 11.3 Å². The lowest BCUT2D eigenvalue weighted by molar-refractivity contribution is 0.104. The number of methoxy groups -OCH3 is 2.